The fourth-order valence-electron chi connectivity index (χ4n) is 3.65. The second-order valence-electron chi connectivity index (χ2n) is 7.24. The monoisotopic (exact) mass is 431 g/mol. The van der Waals surface area contributed by atoms with Gasteiger partial charge in [0.2, 0.25) is 0 Å². The number of fused-ring (bicyclic) bond motifs is 3. The van der Waals surface area contributed by atoms with Gasteiger partial charge in [-0.1, -0.05) is 18.2 Å². The van der Waals surface area contributed by atoms with Crippen LogP contribution in [0.3, 0.4) is 0 Å². The van der Waals surface area contributed by atoms with E-state index in [0.29, 0.717) is 5.75 Å². The minimum atomic E-state index is 0.424. The summed E-state index contributed by atoms with van der Waals surface area (Å²) in [5.74, 6) is 0.424. The zero-order valence-electron chi connectivity index (χ0n) is 15.7. The predicted octanol–water partition coefficient (Wildman–Crippen LogP) is 1.83. The topological polar surface area (TPSA) is 33.2 Å². The number of likely N-dealkylation sites (N-methyl/N-ethyl adjacent to an activating group) is 1. The van der Waals surface area contributed by atoms with Gasteiger partial charge in [-0.05, 0) is 32.6 Å². The van der Waals surface area contributed by atoms with Crippen molar-refractivity contribution in [1.82, 2.24) is 19.6 Å². The van der Waals surface area contributed by atoms with Crippen molar-refractivity contribution in [2.24, 2.45) is 0 Å². The van der Waals surface area contributed by atoms with Gasteiger partial charge >= 0.3 is 25.2 Å². The molecule has 0 amide bonds. The molecule has 2 unspecified atom stereocenters. The van der Waals surface area contributed by atoms with Crippen molar-refractivity contribution in [1.29, 1.82) is 0 Å². The second kappa shape index (κ2) is 12.2. The van der Waals surface area contributed by atoms with Gasteiger partial charge < -0.3 is 14.9 Å². The maximum atomic E-state index is 10.1. The van der Waals surface area contributed by atoms with Crippen LogP contribution >= 0.6 is 10.1 Å². The number of rotatable bonds is 2. The molecule has 2 bridgehead atoms. The molecule has 2 aliphatic rings. The Labute approximate surface area is 170 Å². The van der Waals surface area contributed by atoms with Crippen molar-refractivity contribution in [2.45, 2.75) is 13.0 Å². The number of para-hydroxylation sites is 1. The third-order valence-corrected chi connectivity index (χ3v) is 5.40. The molecule has 7 heteroatoms. The van der Waals surface area contributed by atoms with E-state index in [2.05, 4.69) is 51.8 Å². The summed E-state index contributed by atoms with van der Waals surface area (Å²) >= 11 is 3.66. The molecule has 2 saturated heterocycles. The number of phenols is 1. The van der Waals surface area contributed by atoms with Gasteiger partial charge in [0.1, 0.15) is 5.75 Å². The van der Waals surface area contributed by atoms with Crippen LogP contribution < -0.4 is 0 Å². The Morgan fingerprint density at radius 2 is 1.42 bits per heavy atom. The summed E-state index contributed by atoms with van der Waals surface area (Å²) in [6, 6.07) is 7.75. The maximum absolute atomic E-state index is 10.1. The molecule has 0 aliphatic carbocycles. The average Bonchev–Trinajstić information content (AvgIpc) is 2.76. The molecule has 0 spiro atoms. The van der Waals surface area contributed by atoms with E-state index in [1.54, 1.807) is 6.07 Å². The molecule has 3 rings (SSSR count). The van der Waals surface area contributed by atoms with Gasteiger partial charge in [0.25, 0.3) is 0 Å². The fraction of sp³-hybridized carbons (Fsp3) is 0.684. The van der Waals surface area contributed by atoms with Crippen molar-refractivity contribution in [3.63, 3.8) is 0 Å². The van der Waals surface area contributed by atoms with Crippen LogP contribution in [0.2, 0.25) is 0 Å². The number of hydrogen-bond donors (Lipinski definition) is 1. The molecular formula is C19H32ClCuN4O. The molecule has 2 fully saturated rings. The normalized spacial score (nSPS) is 26.2. The average molecular weight is 432 g/mol. The molecule has 5 nitrogen and oxygen atoms in total. The Morgan fingerprint density at radius 3 is 2.12 bits per heavy atom. The molecule has 0 aromatic heterocycles. The Bertz CT molecular complexity index is 522. The standard InChI is InChI=1S/C19H32N4O.ClH.Cu/c1-20-9-11-21-7-4-8-23(16-15-22(12-10-20)14-13-21)17-18-5-2-3-6-19(18)24;;/h2-3,5-6,24H,4,7-17H2,1H3;1H;/q;;+1/p-1/i;;1+0. The Balaban J connectivity index is 0.00000117. The molecule has 2 heterocycles. The summed E-state index contributed by atoms with van der Waals surface area (Å²) in [5.41, 5.74) is 1.04. The molecule has 152 valence electrons. The van der Waals surface area contributed by atoms with Gasteiger partial charge in [0.05, 0.1) is 0 Å². The van der Waals surface area contributed by atoms with Crippen molar-refractivity contribution in [2.75, 3.05) is 72.5 Å². The first kappa shape index (κ1) is 22.0. The summed E-state index contributed by atoms with van der Waals surface area (Å²) in [4.78, 5) is 10.2. The molecule has 0 saturated carbocycles. The van der Waals surface area contributed by atoms with Crippen LogP contribution in [-0.4, -0.2) is 97.2 Å². The Hall–Kier alpha value is -0.331. The SMILES string of the molecule is CN1CCN2CCCN(Cc3ccccc3O)CCN(CC1)CC2.[Cl][64Cu]. The third-order valence-electron chi connectivity index (χ3n) is 5.40. The first-order valence-corrected chi connectivity index (χ1v) is 10.7. The summed E-state index contributed by atoms with van der Waals surface area (Å²) in [7, 11) is 6.44. The summed E-state index contributed by atoms with van der Waals surface area (Å²) in [6.45, 7) is 12.4. The summed E-state index contributed by atoms with van der Waals surface area (Å²) < 4.78 is 0. The van der Waals surface area contributed by atoms with Crippen molar-refractivity contribution in [3.8, 4) is 5.75 Å². The van der Waals surface area contributed by atoms with E-state index < -0.39 is 0 Å². The minimum absolute atomic E-state index is 0.424. The van der Waals surface area contributed by atoms with E-state index in [1.807, 2.05) is 18.2 Å². The molecule has 1 N–H and O–H groups in total. The van der Waals surface area contributed by atoms with Crippen LogP contribution in [-0.2, 0) is 21.6 Å². The van der Waals surface area contributed by atoms with Crippen molar-refractivity contribution >= 4 is 10.1 Å². The quantitative estimate of drug-likeness (QED) is 0.723. The number of halogens is 1. The van der Waals surface area contributed by atoms with Gasteiger partial charge in [-0.15, -0.1) is 0 Å². The van der Waals surface area contributed by atoms with Gasteiger partial charge in [0.15, 0.2) is 0 Å². The van der Waals surface area contributed by atoms with Crippen LogP contribution in [0.15, 0.2) is 24.3 Å². The Morgan fingerprint density at radius 1 is 0.846 bits per heavy atom. The first-order valence-electron chi connectivity index (χ1n) is 9.44. The van der Waals surface area contributed by atoms with E-state index in [-0.39, 0.29) is 0 Å². The number of benzene rings is 1. The van der Waals surface area contributed by atoms with E-state index in [0.717, 1.165) is 44.8 Å². The van der Waals surface area contributed by atoms with Gasteiger partial charge in [-0.25, -0.2) is 0 Å². The second-order valence-corrected chi connectivity index (χ2v) is 7.24. The molecule has 2 aliphatic heterocycles. The molecule has 26 heavy (non-hydrogen) atoms. The zero-order chi connectivity index (χ0) is 18.8. The van der Waals surface area contributed by atoms with Crippen molar-refractivity contribution in [3.05, 3.63) is 29.8 Å². The third kappa shape index (κ3) is 7.35. The molecular weight excluding hydrogens is 400 g/mol. The van der Waals surface area contributed by atoms with Crippen LogP contribution in [0.25, 0.3) is 0 Å². The van der Waals surface area contributed by atoms with Crippen LogP contribution in [0.5, 0.6) is 5.75 Å². The number of hydrogen-bond acceptors (Lipinski definition) is 5. The van der Waals surface area contributed by atoms with E-state index in [1.165, 1.54) is 39.1 Å². The molecule has 0 radical (unpaired) electrons. The zero-order valence-corrected chi connectivity index (χ0v) is 17.4. The number of aromatic hydroxyl groups is 1. The van der Waals surface area contributed by atoms with Crippen LogP contribution in [0.1, 0.15) is 12.0 Å². The fourth-order valence-corrected chi connectivity index (χ4v) is 3.65. The first-order chi connectivity index (χ1) is 12.7. The van der Waals surface area contributed by atoms with E-state index in [9.17, 15) is 5.11 Å². The van der Waals surface area contributed by atoms with E-state index in [4.69, 9.17) is 0 Å². The van der Waals surface area contributed by atoms with Gasteiger partial charge in [0, 0.05) is 64.5 Å². The van der Waals surface area contributed by atoms with Crippen LogP contribution in [0, 0.1) is 0 Å². The summed E-state index contributed by atoms with van der Waals surface area (Å²) in [6.07, 6.45) is 1.21. The van der Waals surface area contributed by atoms with Gasteiger partial charge in [-0.3, -0.25) is 9.80 Å². The summed E-state index contributed by atoms with van der Waals surface area (Å²) in [5, 5.41) is 10.1. The molecule has 2 atom stereocenters. The molecule has 1 aromatic carbocycles. The van der Waals surface area contributed by atoms with E-state index >= 15 is 0 Å². The number of phenolic OH excluding ortho intramolecular Hbond substituents is 1. The predicted molar refractivity (Wildman–Crippen MR) is 104 cm³/mol. The molecule has 1 aromatic rings. The number of nitrogens with zero attached hydrogens (tertiary/aromatic N) is 4. The van der Waals surface area contributed by atoms with Crippen molar-refractivity contribution < 1.29 is 20.2 Å². The van der Waals surface area contributed by atoms with Gasteiger partial charge in [-0.2, -0.15) is 0 Å². The van der Waals surface area contributed by atoms with Crippen LogP contribution in [0.4, 0.5) is 0 Å². The Kier molecular flexibility index (Phi) is 10.3.